The largest absolute Gasteiger partial charge is 0.481 e. The van der Waals surface area contributed by atoms with E-state index in [0.717, 1.165) is 6.42 Å². The molecule has 1 aliphatic rings. The molecule has 0 radical (unpaired) electrons. The summed E-state index contributed by atoms with van der Waals surface area (Å²) >= 11 is 0. The molecule has 1 heterocycles. The first-order valence-corrected chi connectivity index (χ1v) is 5.99. The third kappa shape index (κ3) is 4.70. The summed E-state index contributed by atoms with van der Waals surface area (Å²) in [6, 6.07) is 0. The fourth-order valence-electron chi connectivity index (χ4n) is 1.98. The molecule has 1 unspecified atom stereocenters. The average Bonchev–Trinajstić information content (AvgIpc) is 2.81. The van der Waals surface area contributed by atoms with Crippen molar-refractivity contribution in [2.24, 2.45) is 11.7 Å². The molecular weight excluding hydrogens is 238 g/mol. The molecule has 0 saturated carbocycles. The van der Waals surface area contributed by atoms with Gasteiger partial charge in [-0.25, -0.2) is 0 Å². The second kappa shape index (κ2) is 6.95. The molecule has 1 rings (SSSR count). The molecule has 0 aliphatic carbocycles. The third-order valence-electron chi connectivity index (χ3n) is 3.03. The smallest absolute Gasteiger partial charge is 0.303 e. The lowest BCUT2D eigenvalue weighted by molar-refractivity contribution is -0.137. The van der Waals surface area contributed by atoms with Crippen LogP contribution in [0.3, 0.4) is 0 Å². The number of likely N-dealkylation sites (tertiary alicyclic amines) is 1. The molecule has 18 heavy (non-hydrogen) atoms. The highest BCUT2D eigenvalue weighted by Crippen LogP contribution is 2.20. The number of carboxylic acid groups (broad SMARTS) is 1. The predicted octanol–water partition coefficient (Wildman–Crippen LogP) is -1.23. The lowest BCUT2D eigenvalue weighted by atomic mass is 10.0. The molecule has 1 aliphatic heterocycles. The van der Waals surface area contributed by atoms with Gasteiger partial charge in [0.1, 0.15) is 0 Å². The van der Waals surface area contributed by atoms with Gasteiger partial charge in [-0.15, -0.1) is 0 Å². The van der Waals surface area contributed by atoms with Crippen molar-refractivity contribution in [2.75, 3.05) is 26.2 Å². The van der Waals surface area contributed by atoms with Gasteiger partial charge < -0.3 is 21.1 Å². The molecule has 7 heteroatoms. The van der Waals surface area contributed by atoms with Crippen molar-refractivity contribution >= 4 is 17.8 Å². The monoisotopic (exact) mass is 257 g/mol. The summed E-state index contributed by atoms with van der Waals surface area (Å²) in [7, 11) is 0. The van der Waals surface area contributed by atoms with Crippen LogP contribution in [0, 0.1) is 5.92 Å². The zero-order valence-electron chi connectivity index (χ0n) is 10.2. The van der Waals surface area contributed by atoms with Gasteiger partial charge in [0.2, 0.25) is 11.8 Å². The van der Waals surface area contributed by atoms with Crippen LogP contribution < -0.4 is 11.1 Å². The quantitative estimate of drug-likeness (QED) is 0.551. The number of carboxylic acids is 1. The van der Waals surface area contributed by atoms with Crippen LogP contribution in [0.15, 0.2) is 0 Å². The van der Waals surface area contributed by atoms with Crippen LogP contribution in [0.25, 0.3) is 0 Å². The van der Waals surface area contributed by atoms with Crippen LogP contribution in [-0.2, 0) is 14.4 Å². The number of carbonyl (C=O) groups is 3. The second-order valence-electron chi connectivity index (χ2n) is 4.41. The van der Waals surface area contributed by atoms with Crippen molar-refractivity contribution in [3.05, 3.63) is 0 Å². The normalized spacial score (nSPS) is 18.7. The number of aliphatic carboxylic acids is 1. The lowest BCUT2D eigenvalue weighted by Crippen LogP contribution is -2.41. The summed E-state index contributed by atoms with van der Waals surface area (Å²) in [5, 5.41) is 11.0. The van der Waals surface area contributed by atoms with Crippen molar-refractivity contribution in [3.8, 4) is 0 Å². The van der Waals surface area contributed by atoms with Gasteiger partial charge in [0, 0.05) is 19.5 Å². The van der Waals surface area contributed by atoms with Crippen LogP contribution in [0.2, 0.25) is 0 Å². The number of nitrogens with two attached hydrogens (primary N) is 1. The van der Waals surface area contributed by atoms with E-state index in [0.29, 0.717) is 19.5 Å². The first-order chi connectivity index (χ1) is 8.52. The standard InChI is InChI=1S/C11H19N3O4/c12-5-9(15)13-6-10(16)14-4-3-8(7-14)1-2-11(17)18/h8H,1-7,12H2,(H,13,15)(H,17,18). The van der Waals surface area contributed by atoms with Gasteiger partial charge in [-0.2, -0.15) is 0 Å². The molecule has 0 aromatic heterocycles. The maximum Gasteiger partial charge on any atom is 0.303 e. The summed E-state index contributed by atoms with van der Waals surface area (Å²) in [4.78, 5) is 34.7. The molecule has 0 spiro atoms. The zero-order chi connectivity index (χ0) is 13.5. The van der Waals surface area contributed by atoms with Gasteiger partial charge in [-0.3, -0.25) is 14.4 Å². The van der Waals surface area contributed by atoms with Crippen LogP contribution in [-0.4, -0.2) is 54.0 Å². The minimum absolute atomic E-state index is 0.0400. The van der Waals surface area contributed by atoms with E-state index in [4.69, 9.17) is 10.8 Å². The Bertz CT molecular complexity index is 332. The Morgan fingerprint density at radius 1 is 1.39 bits per heavy atom. The van der Waals surface area contributed by atoms with Crippen LogP contribution in [0.4, 0.5) is 0 Å². The van der Waals surface area contributed by atoms with E-state index >= 15 is 0 Å². The Labute approximate surface area is 105 Å². The number of rotatable bonds is 6. The van der Waals surface area contributed by atoms with Crippen molar-refractivity contribution in [1.82, 2.24) is 10.2 Å². The number of hydrogen-bond acceptors (Lipinski definition) is 4. The van der Waals surface area contributed by atoms with Gasteiger partial charge in [0.05, 0.1) is 13.1 Å². The third-order valence-corrected chi connectivity index (χ3v) is 3.03. The van der Waals surface area contributed by atoms with E-state index < -0.39 is 5.97 Å². The molecule has 4 N–H and O–H groups in total. The second-order valence-corrected chi connectivity index (χ2v) is 4.41. The Hall–Kier alpha value is -1.63. The first-order valence-electron chi connectivity index (χ1n) is 5.99. The summed E-state index contributed by atoms with van der Waals surface area (Å²) in [5.74, 6) is -1.06. The molecule has 1 fully saturated rings. The molecule has 0 bridgehead atoms. The molecule has 1 saturated heterocycles. The van der Waals surface area contributed by atoms with Crippen LogP contribution >= 0.6 is 0 Å². The van der Waals surface area contributed by atoms with Gasteiger partial charge in [-0.05, 0) is 18.8 Å². The van der Waals surface area contributed by atoms with Gasteiger partial charge >= 0.3 is 5.97 Å². The lowest BCUT2D eigenvalue weighted by Gasteiger charge is -2.16. The summed E-state index contributed by atoms with van der Waals surface area (Å²) in [6.45, 7) is 1.03. The van der Waals surface area contributed by atoms with E-state index in [9.17, 15) is 14.4 Å². The number of hydrogen-bond donors (Lipinski definition) is 3. The highest BCUT2D eigenvalue weighted by Gasteiger charge is 2.26. The van der Waals surface area contributed by atoms with Crippen molar-refractivity contribution in [2.45, 2.75) is 19.3 Å². The molecule has 7 nitrogen and oxygen atoms in total. The van der Waals surface area contributed by atoms with Crippen LogP contribution in [0.5, 0.6) is 0 Å². The number of nitrogens with one attached hydrogen (secondary N) is 1. The van der Waals surface area contributed by atoms with Crippen molar-refractivity contribution < 1.29 is 19.5 Å². The Morgan fingerprint density at radius 2 is 2.11 bits per heavy atom. The SMILES string of the molecule is NCC(=O)NCC(=O)N1CCC(CCC(=O)O)C1. The molecule has 2 amide bonds. The Balaban J connectivity index is 2.26. The minimum Gasteiger partial charge on any atom is -0.481 e. The van der Waals surface area contributed by atoms with Gasteiger partial charge in [-0.1, -0.05) is 0 Å². The topological polar surface area (TPSA) is 113 Å². The van der Waals surface area contributed by atoms with E-state index in [-0.39, 0.29) is 37.2 Å². The van der Waals surface area contributed by atoms with Gasteiger partial charge in [0.25, 0.3) is 0 Å². The first kappa shape index (κ1) is 14.4. The van der Waals surface area contributed by atoms with E-state index in [1.807, 2.05) is 0 Å². The number of carbonyl (C=O) groups excluding carboxylic acids is 2. The zero-order valence-corrected chi connectivity index (χ0v) is 10.2. The van der Waals surface area contributed by atoms with Crippen LogP contribution in [0.1, 0.15) is 19.3 Å². The maximum absolute atomic E-state index is 11.7. The van der Waals surface area contributed by atoms with E-state index in [2.05, 4.69) is 5.32 Å². The minimum atomic E-state index is -0.810. The molecule has 0 aromatic rings. The predicted molar refractivity (Wildman–Crippen MR) is 63.6 cm³/mol. The average molecular weight is 257 g/mol. The molecular formula is C11H19N3O4. The maximum atomic E-state index is 11.7. The highest BCUT2D eigenvalue weighted by molar-refractivity contribution is 5.85. The van der Waals surface area contributed by atoms with Crippen molar-refractivity contribution in [1.29, 1.82) is 0 Å². The fourth-order valence-corrected chi connectivity index (χ4v) is 1.98. The molecule has 1 atom stereocenters. The van der Waals surface area contributed by atoms with E-state index in [1.54, 1.807) is 4.90 Å². The van der Waals surface area contributed by atoms with E-state index in [1.165, 1.54) is 0 Å². The molecule has 102 valence electrons. The number of amides is 2. The van der Waals surface area contributed by atoms with Crippen molar-refractivity contribution in [3.63, 3.8) is 0 Å². The fraction of sp³-hybridized carbons (Fsp3) is 0.727. The Morgan fingerprint density at radius 3 is 2.72 bits per heavy atom. The summed E-state index contributed by atoms with van der Waals surface area (Å²) in [5.41, 5.74) is 5.11. The summed E-state index contributed by atoms with van der Waals surface area (Å²) in [6.07, 6.45) is 1.55. The Kier molecular flexibility index (Phi) is 5.57. The highest BCUT2D eigenvalue weighted by atomic mass is 16.4. The molecule has 0 aromatic carbocycles. The van der Waals surface area contributed by atoms with Gasteiger partial charge in [0.15, 0.2) is 0 Å². The summed E-state index contributed by atoms with van der Waals surface area (Å²) < 4.78 is 0. The number of nitrogens with zero attached hydrogens (tertiary/aromatic N) is 1.